The zero-order valence-electron chi connectivity index (χ0n) is 14.6. The molecule has 0 N–H and O–H groups in total. The van der Waals surface area contributed by atoms with Crippen LogP contribution in [0.15, 0.2) is 24.3 Å². The second-order valence-electron chi connectivity index (χ2n) is 7.51. The van der Waals surface area contributed by atoms with Gasteiger partial charge in [-0.25, -0.2) is 4.79 Å². The Balaban J connectivity index is 1.87. The molecule has 5 heteroatoms. The Bertz CT molecular complexity index is 678. The smallest absolute Gasteiger partial charge is 0.411 e. The number of amides is 1. The van der Waals surface area contributed by atoms with Gasteiger partial charge in [0, 0.05) is 5.02 Å². The molecule has 4 nitrogen and oxygen atoms in total. The molecule has 2 aliphatic heterocycles. The first kappa shape index (κ1) is 17.3. The van der Waals surface area contributed by atoms with Crippen molar-refractivity contribution in [1.82, 2.24) is 4.90 Å². The Morgan fingerprint density at radius 2 is 2.08 bits per heavy atom. The zero-order valence-corrected chi connectivity index (χ0v) is 15.4. The predicted octanol–water partition coefficient (Wildman–Crippen LogP) is 4.44. The molecular formula is C19H24ClNO3. The van der Waals surface area contributed by atoms with Crippen molar-refractivity contribution in [3.63, 3.8) is 0 Å². The molecule has 1 saturated heterocycles. The van der Waals surface area contributed by atoms with Gasteiger partial charge in [-0.1, -0.05) is 29.8 Å². The van der Waals surface area contributed by atoms with E-state index in [1.807, 2.05) is 44.7 Å². The van der Waals surface area contributed by atoms with Gasteiger partial charge in [0.1, 0.15) is 5.60 Å². The van der Waals surface area contributed by atoms with Gasteiger partial charge in [0.25, 0.3) is 0 Å². The van der Waals surface area contributed by atoms with Crippen LogP contribution in [0, 0.1) is 6.92 Å². The monoisotopic (exact) mass is 349 g/mol. The van der Waals surface area contributed by atoms with E-state index in [1.54, 1.807) is 0 Å². The summed E-state index contributed by atoms with van der Waals surface area (Å²) in [6.45, 7) is 8.68. The molecule has 0 radical (unpaired) electrons. The zero-order chi connectivity index (χ0) is 17.5. The highest BCUT2D eigenvalue weighted by Crippen LogP contribution is 2.34. The fraction of sp³-hybridized carbons (Fsp3) is 0.526. The molecule has 0 spiro atoms. The first-order valence-electron chi connectivity index (χ1n) is 8.31. The lowest BCUT2D eigenvalue weighted by atomic mass is 9.90. The molecular weight excluding hydrogens is 326 g/mol. The van der Waals surface area contributed by atoms with Crippen molar-refractivity contribution in [2.24, 2.45) is 0 Å². The van der Waals surface area contributed by atoms with Gasteiger partial charge in [-0.2, -0.15) is 0 Å². The SMILES string of the molecule is Cc1ccc(C2=CC3COCC(C2)N3C(=O)OC(C)(C)C)cc1Cl. The van der Waals surface area contributed by atoms with Gasteiger partial charge in [0.05, 0.1) is 25.3 Å². The number of benzene rings is 1. The first-order valence-corrected chi connectivity index (χ1v) is 8.69. The quantitative estimate of drug-likeness (QED) is 0.752. The summed E-state index contributed by atoms with van der Waals surface area (Å²) in [5.74, 6) is 0. The van der Waals surface area contributed by atoms with Crippen LogP contribution in [0.4, 0.5) is 4.79 Å². The number of fused-ring (bicyclic) bond motifs is 2. The van der Waals surface area contributed by atoms with Crippen molar-refractivity contribution in [3.8, 4) is 0 Å². The maximum absolute atomic E-state index is 12.6. The Hall–Kier alpha value is -1.52. The van der Waals surface area contributed by atoms with E-state index in [0.717, 1.165) is 22.6 Å². The predicted molar refractivity (Wildman–Crippen MR) is 95.3 cm³/mol. The Morgan fingerprint density at radius 3 is 2.71 bits per heavy atom. The van der Waals surface area contributed by atoms with Crippen LogP contribution in [0.5, 0.6) is 0 Å². The third-order valence-corrected chi connectivity index (χ3v) is 4.75. The number of ether oxygens (including phenoxy) is 2. The lowest BCUT2D eigenvalue weighted by Crippen LogP contribution is -2.57. The summed E-state index contributed by atoms with van der Waals surface area (Å²) < 4.78 is 11.2. The summed E-state index contributed by atoms with van der Waals surface area (Å²) in [6.07, 6.45) is 2.59. The van der Waals surface area contributed by atoms with E-state index in [2.05, 4.69) is 12.1 Å². The molecule has 0 saturated carbocycles. The van der Waals surface area contributed by atoms with Gasteiger partial charge in [-0.3, -0.25) is 4.90 Å². The second kappa shape index (κ2) is 6.41. The molecule has 2 atom stereocenters. The molecule has 2 aliphatic rings. The summed E-state index contributed by atoms with van der Waals surface area (Å²) in [7, 11) is 0. The molecule has 1 amide bonds. The van der Waals surface area contributed by atoms with Crippen LogP contribution in [0.1, 0.15) is 38.3 Å². The lowest BCUT2D eigenvalue weighted by Gasteiger charge is -2.44. The van der Waals surface area contributed by atoms with E-state index >= 15 is 0 Å². The summed E-state index contributed by atoms with van der Waals surface area (Å²) in [4.78, 5) is 14.4. The molecule has 1 aromatic carbocycles. The van der Waals surface area contributed by atoms with Gasteiger partial charge in [0.2, 0.25) is 0 Å². The van der Waals surface area contributed by atoms with E-state index in [1.165, 1.54) is 5.57 Å². The largest absolute Gasteiger partial charge is 0.444 e. The maximum Gasteiger partial charge on any atom is 0.411 e. The molecule has 1 aromatic rings. The van der Waals surface area contributed by atoms with Crippen LogP contribution in [0.2, 0.25) is 5.02 Å². The number of carbonyl (C=O) groups excluding carboxylic acids is 1. The van der Waals surface area contributed by atoms with E-state index in [4.69, 9.17) is 21.1 Å². The van der Waals surface area contributed by atoms with Crippen molar-refractivity contribution in [1.29, 1.82) is 0 Å². The van der Waals surface area contributed by atoms with Gasteiger partial charge in [-0.05, 0) is 56.9 Å². The minimum atomic E-state index is -0.499. The van der Waals surface area contributed by atoms with E-state index in [-0.39, 0.29) is 18.2 Å². The Labute approximate surface area is 148 Å². The minimum Gasteiger partial charge on any atom is -0.444 e. The van der Waals surface area contributed by atoms with Gasteiger partial charge in [-0.15, -0.1) is 0 Å². The van der Waals surface area contributed by atoms with Crippen molar-refractivity contribution in [2.45, 2.75) is 51.8 Å². The molecule has 3 rings (SSSR count). The van der Waals surface area contributed by atoms with Crippen LogP contribution in [-0.4, -0.2) is 41.9 Å². The van der Waals surface area contributed by atoms with E-state index in [9.17, 15) is 4.79 Å². The maximum atomic E-state index is 12.6. The first-order chi connectivity index (χ1) is 11.2. The van der Waals surface area contributed by atoms with Crippen LogP contribution in [-0.2, 0) is 9.47 Å². The number of rotatable bonds is 1. The van der Waals surface area contributed by atoms with Crippen LogP contribution in [0.25, 0.3) is 5.57 Å². The van der Waals surface area contributed by atoms with Gasteiger partial charge < -0.3 is 9.47 Å². The van der Waals surface area contributed by atoms with Crippen molar-refractivity contribution < 1.29 is 14.3 Å². The number of hydrogen-bond donors (Lipinski definition) is 0. The summed E-state index contributed by atoms with van der Waals surface area (Å²) in [6, 6.07) is 6.03. The molecule has 1 fully saturated rings. The normalized spacial score (nSPS) is 23.7. The van der Waals surface area contributed by atoms with E-state index in [0.29, 0.717) is 13.2 Å². The van der Waals surface area contributed by atoms with Crippen molar-refractivity contribution in [3.05, 3.63) is 40.4 Å². The third kappa shape index (κ3) is 3.60. The molecule has 2 unspecified atom stereocenters. The number of carbonyl (C=O) groups is 1. The van der Waals surface area contributed by atoms with Gasteiger partial charge >= 0.3 is 6.09 Å². The number of aryl methyl sites for hydroxylation is 1. The van der Waals surface area contributed by atoms with Crippen molar-refractivity contribution >= 4 is 23.3 Å². The number of morpholine rings is 1. The fourth-order valence-corrected chi connectivity index (χ4v) is 3.38. The molecule has 0 aliphatic carbocycles. The second-order valence-corrected chi connectivity index (χ2v) is 7.91. The summed E-state index contributed by atoms with van der Waals surface area (Å²) >= 11 is 6.27. The average Bonchev–Trinajstić information content (AvgIpc) is 2.47. The van der Waals surface area contributed by atoms with Crippen LogP contribution >= 0.6 is 11.6 Å². The topological polar surface area (TPSA) is 38.8 Å². The summed E-state index contributed by atoms with van der Waals surface area (Å²) in [5.41, 5.74) is 2.90. The molecule has 130 valence electrons. The molecule has 2 heterocycles. The molecule has 24 heavy (non-hydrogen) atoms. The highest BCUT2D eigenvalue weighted by atomic mass is 35.5. The Morgan fingerprint density at radius 1 is 1.33 bits per heavy atom. The van der Waals surface area contributed by atoms with Gasteiger partial charge in [0.15, 0.2) is 0 Å². The minimum absolute atomic E-state index is 0.00122. The standard InChI is InChI=1S/C19H24ClNO3/c1-12-5-6-13(9-17(12)20)14-7-15-10-23-11-16(8-14)21(15)18(22)24-19(2,3)4/h5-7,9,15-16H,8,10-11H2,1-4H3. The highest BCUT2D eigenvalue weighted by Gasteiger charge is 2.40. The number of hydrogen-bond acceptors (Lipinski definition) is 3. The van der Waals surface area contributed by atoms with Crippen LogP contribution in [0.3, 0.4) is 0 Å². The van der Waals surface area contributed by atoms with Crippen LogP contribution < -0.4 is 0 Å². The average molecular weight is 350 g/mol. The highest BCUT2D eigenvalue weighted by molar-refractivity contribution is 6.31. The fourth-order valence-electron chi connectivity index (χ4n) is 3.20. The Kier molecular flexibility index (Phi) is 4.63. The van der Waals surface area contributed by atoms with E-state index < -0.39 is 5.60 Å². The number of nitrogens with zero attached hydrogens (tertiary/aromatic N) is 1. The molecule has 2 bridgehead atoms. The van der Waals surface area contributed by atoms with Crippen molar-refractivity contribution in [2.75, 3.05) is 13.2 Å². The number of halogens is 1. The molecule has 0 aromatic heterocycles. The summed E-state index contributed by atoms with van der Waals surface area (Å²) in [5, 5.41) is 0.768. The lowest BCUT2D eigenvalue weighted by molar-refractivity contribution is -0.0510. The third-order valence-electron chi connectivity index (χ3n) is 4.35.